The molecule has 1 aliphatic rings. The molecule has 0 unspecified atom stereocenters. The summed E-state index contributed by atoms with van der Waals surface area (Å²) < 4.78 is 32.6. The first kappa shape index (κ1) is 20.0. The number of rotatable bonds is 5. The Morgan fingerprint density at radius 2 is 1.63 bits per heavy atom. The third kappa shape index (κ3) is 3.41. The molecule has 7 heteroatoms. The average Bonchev–Trinajstić information content (AvgIpc) is 3.22. The van der Waals surface area contributed by atoms with Crippen molar-refractivity contribution in [2.24, 2.45) is 0 Å². The third-order valence-electron chi connectivity index (χ3n) is 5.32. The van der Waals surface area contributed by atoms with Gasteiger partial charge in [0, 0.05) is 24.8 Å². The second-order valence-corrected chi connectivity index (χ2v) is 8.97. The van der Waals surface area contributed by atoms with E-state index in [4.69, 9.17) is 4.74 Å². The van der Waals surface area contributed by atoms with Gasteiger partial charge in [-0.2, -0.15) is 0 Å². The van der Waals surface area contributed by atoms with Crippen LogP contribution >= 0.6 is 0 Å². The number of hydrogen-bond donors (Lipinski definition) is 0. The molecule has 1 amide bonds. The summed E-state index contributed by atoms with van der Waals surface area (Å²) in [7, 11) is -0.831. The van der Waals surface area contributed by atoms with E-state index in [1.165, 1.54) is 30.6 Å². The zero-order chi connectivity index (χ0) is 21.3. The van der Waals surface area contributed by atoms with Crippen LogP contribution < -0.4 is 13.9 Å². The van der Waals surface area contributed by atoms with Crippen molar-refractivity contribution in [1.82, 2.24) is 0 Å². The Kier molecular flexibility index (Phi) is 5.22. The molecule has 0 saturated heterocycles. The van der Waals surface area contributed by atoms with Crippen LogP contribution in [0.2, 0.25) is 0 Å². The summed E-state index contributed by atoms with van der Waals surface area (Å²) in [6, 6.07) is 20.8. The molecule has 1 aliphatic heterocycles. The van der Waals surface area contributed by atoms with Gasteiger partial charge >= 0.3 is 0 Å². The fourth-order valence-electron chi connectivity index (χ4n) is 3.65. The first-order chi connectivity index (χ1) is 14.4. The molecular formula is C23H22N2O4S. The van der Waals surface area contributed by atoms with E-state index in [0.717, 1.165) is 17.7 Å². The van der Waals surface area contributed by atoms with Gasteiger partial charge < -0.3 is 9.64 Å². The molecule has 154 valence electrons. The number of fused-ring (bicyclic) bond motifs is 1. The zero-order valence-corrected chi connectivity index (χ0v) is 17.6. The lowest BCUT2D eigenvalue weighted by Crippen LogP contribution is -2.29. The zero-order valence-electron chi connectivity index (χ0n) is 16.8. The van der Waals surface area contributed by atoms with Crippen molar-refractivity contribution < 1.29 is 17.9 Å². The van der Waals surface area contributed by atoms with Crippen LogP contribution in [0.5, 0.6) is 5.75 Å². The summed E-state index contributed by atoms with van der Waals surface area (Å²) in [4.78, 5) is 14.8. The van der Waals surface area contributed by atoms with E-state index < -0.39 is 10.0 Å². The lowest BCUT2D eigenvalue weighted by atomic mass is 10.1. The van der Waals surface area contributed by atoms with Gasteiger partial charge in [0.05, 0.1) is 17.7 Å². The summed E-state index contributed by atoms with van der Waals surface area (Å²) in [6.45, 7) is 0.620. The smallest absolute Gasteiger partial charge is 0.264 e. The van der Waals surface area contributed by atoms with Crippen molar-refractivity contribution in [1.29, 1.82) is 0 Å². The Morgan fingerprint density at radius 1 is 0.967 bits per heavy atom. The highest BCUT2D eigenvalue weighted by Gasteiger charge is 2.27. The van der Waals surface area contributed by atoms with E-state index in [1.54, 1.807) is 41.3 Å². The van der Waals surface area contributed by atoms with Crippen molar-refractivity contribution in [2.45, 2.75) is 11.3 Å². The number of anilines is 2. The second-order valence-electron chi connectivity index (χ2n) is 7.00. The van der Waals surface area contributed by atoms with Crippen LogP contribution in [0.4, 0.5) is 11.4 Å². The number of ether oxygens (including phenoxy) is 1. The largest absolute Gasteiger partial charge is 0.495 e. The molecule has 0 aromatic heterocycles. The van der Waals surface area contributed by atoms with Gasteiger partial charge in [0.1, 0.15) is 5.75 Å². The van der Waals surface area contributed by atoms with E-state index in [2.05, 4.69) is 0 Å². The molecule has 0 atom stereocenters. The van der Waals surface area contributed by atoms with Crippen LogP contribution in [0.3, 0.4) is 0 Å². The van der Waals surface area contributed by atoms with Crippen LogP contribution in [0, 0.1) is 0 Å². The maximum atomic E-state index is 13.1. The minimum Gasteiger partial charge on any atom is -0.495 e. The number of amides is 1. The van der Waals surface area contributed by atoms with Crippen LogP contribution in [0.1, 0.15) is 15.9 Å². The van der Waals surface area contributed by atoms with Gasteiger partial charge in [-0.05, 0) is 54.4 Å². The summed E-state index contributed by atoms with van der Waals surface area (Å²) in [5.74, 6) is 0.324. The predicted molar refractivity (Wildman–Crippen MR) is 117 cm³/mol. The molecular weight excluding hydrogens is 400 g/mol. The molecule has 6 nitrogen and oxygen atoms in total. The molecule has 0 fully saturated rings. The lowest BCUT2D eigenvalue weighted by Gasteiger charge is -2.22. The highest BCUT2D eigenvalue weighted by Crippen LogP contribution is 2.32. The molecule has 30 heavy (non-hydrogen) atoms. The van der Waals surface area contributed by atoms with Gasteiger partial charge in [0.25, 0.3) is 15.9 Å². The molecule has 0 radical (unpaired) electrons. The monoisotopic (exact) mass is 422 g/mol. The number of sulfonamides is 1. The summed E-state index contributed by atoms with van der Waals surface area (Å²) in [6.07, 6.45) is 0.818. The van der Waals surface area contributed by atoms with Crippen molar-refractivity contribution in [2.75, 3.05) is 29.9 Å². The third-order valence-corrected chi connectivity index (χ3v) is 7.10. The fourth-order valence-corrected chi connectivity index (χ4v) is 4.86. The van der Waals surface area contributed by atoms with Crippen LogP contribution in [0.15, 0.2) is 77.7 Å². The first-order valence-corrected chi connectivity index (χ1v) is 11.0. The van der Waals surface area contributed by atoms with E-state index in [-0.39, 0.29) is 10.8 Å². The molecule has 0 bridgehead atoms. The van der Waals surface area contributed by atoms with E-state index in [9.17, 15) is 13.2 Å². The molecule has 3 aromatic carbocycles. The number of nitrogens with zero attached hydrogens (tertiary/aromatic N) is 2. The Balaban J connectivity index is 1.59. The number of hydrogen-bond acceptors (Lipinski definition) is 4. The molecule has 1 heterocycles. The second kappa shape index (κ2) is 7.84. The summed E-state index contributed by atoms with van der Waals surface area (Å²) >= 11 is 0. The first-order valence-electron chi connectivity index (χ1n) is 9.55. The molecule has 0 saturated carbocycles. The van der Waals surface area contributed by atoms with Crippen LogP contribution in [0.25, 0.3) is 0 Å². The Morgan fingerprint density at radius 3 is 2.37 bits per heavy atom. The maximum absolute atomic E-state index is 13.1. The van der Waals surface area contributed by atoms with Gasteiger partial charge in [-0.15, -0.1) is 0 Å². The minimum absolute atomic E-state index is 0.106. The lowest BCUT2D eigenvalue weighted by molar-refractivity contribution is 0.0989. The quantitative estimate of drug-likeness (QED) is 0.629. The van der Waals surface area contributed by atoms with E-state index >= 15 is 0 Å². The van der Waals surface area contributed by atoms with Crippen molar-refractivity contribution in [3.05, 3.63) is 83.9 Å². The summed E-state index contributed by atoms with van der Waals surface area (Å²) in [5, 5.41) is 0. The van der Waals surface area contributed by atoms with Crippen molar-refractivity contribution in [3.63, 3.8) is 0 Å². The molecule has 4 rings (SSSR count). The highest BCUT2D eigenvalue weighted by atomic mass is 32.2. The number of carbonyl (C=O) groups excluding carboxylic acids is 1. The van der Waals surface area contributed by atoms with Gasteiger partial charge in [-0.1, -0.05) is 30.3 Å². The minimum atomic E-state index is -3.81. The Labute approximate surface area is 176 Å². The van der Waals surface area contributed by atoms with Gasteiger partial charge in [-0.25, -0.2) is 8.42 Å². The van der Waals surface area contributed by atoms with Gasteiger partial charge in [0.2, 0.25) is 0 Å². The maximum Gasteiger partial charge on any atom is 0.264 e. The summed E-state index contributed by atoms with van der Waals surface area (Å²) in [5.41, 5.74) is 2.94. The average molecular weight is 423 g/mol. The van der Waals surface area contributed by atoms with Crippen LogP contribution in [-0.4, -0.2) is 35.0 Å². The molecule has 3 aromatic rings. The molecule has 0 N–H and O–H groups in total. The van der Waals surface area contributed by atoms with E-state index in [0.29, 0.717) is 23.5 Å². The normalized spacial score (nSPS) is 13.1. The molecule has 0 aliphatic carbocycles. The number of para-hydroxylation sites is 3. The fraction of sp³-hybridized carbons (Fsp3) is 0.174. The predicted octanol–water partition coefficient (Wildman–Crippen LogP) is 3.72. The topological polar surface area (TPSA) is 66.9 Å². The number of benzene rings is 3. The standard InChI is InChI=1S/C23H22N2O4S/c1-24(21-9-5-6-10-22(21)29-2)30(27,28)19-13-11-18(12-14-19)23(26)25-16-15-17-7-3-4-8-20(17)25/h3-14H,15-16H2,1-2H3. The highest BCUT2D eigenvalue weighted by molar-refractivity contribution is 7.92. The number of carbonyl (C=O) groups is 1. The Hall–Kier alpha value is -3.32. The SMILES string of the molecule is COc1ccccc1N(C)S(=O)(=O)c1ccc(C(=O)N2CCc3ccccc32)cc1. The van der Waals surface area contributed by atoms with E-state index in [1.807, 2.05) is 24.3 Å². The van der Waals surface area contributed by atoms with Crippen molar-refractivity contribution in [3.8, 4) is 5.75 Å². The van der Waals surface area contributed by atoms with Gasteiger partial charge in [-0.3, -0.25) is 9.10 Å². The number of methoxy groups -OCH3 is 1. The Bertz CT molecular complexity index is 1190. The molecule has 0 spiro atoms. The van der Waals surface area contributed by atoms with Gasteiger partial charge in [0.15, 0.2) is 0 Å². The van der Waals surface area contributed by atoms with Crippen molar-refractivity contribution >= 4 is 27.3 Å². The van der Waals surface area contributed by atoms with Crippen LogP contribution in [-0.2, 0) is 16.4 Å².